The van der Waals surface area contributed by atoms with Crippen molar-refractivity contribution < 1.29 is 8.83 Å². The molecule has 0 aliphatic rings. The molecule has 0 saturated carbocycles. The lowest BCUT2D eigenvalue weighted by atomic mass is 9.99. The molecule has 0 radical (unpaired) electrons. The summed E-state index contributed by atoms with van der Waals surface area (Å²) >= 11 is 0. The van der Waals surface area contributed by atoms with E-state index in [-0.39, 0.29) is 0 Å². The van der Waals surface area contributed by atoms with Crippen molar-refractivity contribution in [3.8, 4) is 39.9 Å². The van der Waals surface area contributed by atoms with Gasteiger partial charge in [-0.15, -0.1) is 0 Å². The van der Waals surface area contributed by atoms with Gasteiger partial charge in [0.1, 0.15) is 22.3 Å². The van der Waals surface area contributed by atoms with E-state index in [1.165, 1.54) is 21.5 Å². The van der Waals surface area contributed by atoms with Crippen LogP contribution >= 0.6 is 0 Å². The molecule has 0 fully saturated rings. The summed E-state index contributed by atoms with van der Waals surface area (Å²) in [5.74, 6) is 1.68. The number of rotatable bonds is 4. The van der Waals surface area contributed by atoms with Crippen molar-refractivity contribution in [3.05, 3.63) is 182 Å². The number of para-hydroxylation sites is 3. The minimum absolute atomic E-state index is 0.533. The van der Waals surface area contributed by atoms with E-state index in [1.54, 1.807) is 0 Å². The molecule has 0 aliphatic carbocycles. The number of hydrogen-bond acceptors (Lipinski definition) is 5. The van der Waals surface area contributed by atoms with E-state index in [1.807, 2.05) is 72.8 Å². The highest BCUT2D eigenvalue weighted by atomic mass is 16.3. The number of furan rings is 2. The molecule has 59 heavy (non-hydrogen) atoms. The number of fused-ring (bicyclic) bond motifs is 12. The van der Waals surface area contributed by atoms with Crippen LogP contribution in [0.4, 0.5) is 0 Å². The van der Waals surface area contributed by atoms with Crippen LogP contribution in [0.1, 0.15) is 0 Å². The van der Waals surface area contributed by atoms with Gasteiger partial charge in [-0.05, 0) is 88.3 Å². The molecule has 6 nitrogen and oxygen atoms in total. The molecule has 0 unspecified atom stereocenters. The van der Waals surface area contributed by atoms with Crippen molar-refractivity contribution in [2.24, 2.45) is 0 Å². The summed E-state index contributed by atoms with van der Waals surface area (Å²) in [5, 5.41) is 11.2. The van der Waals surface area contributed by atoms with Crippen molar-refractivity contribution in [2.45, 2.75) is 0 Å². The predicted octanol–water partition coefficient (Wildman–Crippen LogP) is 14.1. The molecule has 0 atom stereocenters. The van der Waals surface area contributed by atoms with Crippen LogP contribution in [0.3, 0.4) is 0 Å². The van der Waals surface area contributed by atoms with Gasteiger partial charge in [0.05, 0.1) is 16.6 Å². The first-order valence-corrected chi connectivity index (χ1v) is 19.8. The minimum atomic E-state index is 0.533. The number of aromatic nitrogens is 4. The summed E-state index contributed by atoms with van der Waals surface area (Å²) < 4.78 is 15.3. The molecule has 13 aromatic rings. The molecule has 9 aromatic carbocycles. The molecule has 0 bridgehead atoms. The Kier molecular flexibility index (Phi) is 6.63. The highest BCUT2D eigenvalue weighted by molar-refractivity contribution is 6.23. The summed E-state index contributed by atoms with van der Waals surface area (Å²) in [6.07, 6.45) is 0. The number of benzene rings is 9. The zero-order valence-electron chi connectivity index (χ0n) is 31.4. The predicted molar refractivity (Wildman–Crippen MR) is 240 cm³/mol. The van der Waals surface area contributed by atoms with E-state index in [9.17, 15) is 0 Å². The standard InChI is InChI=1S/C53H30N4O2/c1-2-12-31(13-3-1)51-54-52(34-22-25-48-42(28-34)39-17-7-10-20-46(39)58-48)56-53(55-51)43-29-35-26-36(23-24-37(35)49-40-18-8-11-21-47(40)59-50(43)49)57-44-19-9-6-16-38(44)41-27-32-14-4-5-15-33(32)30-45(41)57/h1-30H. The van der Waals surface area contributed by atoms with Crippen LogP contribution < -0.4 is 0 Å². The normalized spacial score (nSPS) is 12.1. The summed E-state index contributed by atoms with van der Waals surface area (Å²) in [4.78, 5) is 15.6. The van der Waals surface area contributed by atoms with Gasteiger partial charge in [-0.3, -0.25) is 0 Å². The van der Waals surface area contributed by atoms with Crippen molar-refractivity contribution >= 4 is 87.2 Å². The van der Waals surface area contributed by atoms with Crippen LogP contribution in [0.15, 0.2) is 191 Å². The highest BCUT2D eigenvalue weighted by Gasteiger charge is 2.22. The molecule has 4 heterocycles. The second-order valence-electron chi connectivity index (χ2n) is 15.2. The van der Waals surface area contributed by atoms with Gasteiger partial charge in [0, 0.05) is 49.1 Å². The van der Waals surface area contributed by atoms with Gasteiger partial charge in [-0.2, -0.15) is 0 Å². The molecule has 0 aliphatic heterocycles. The van der Waals surface area contributed by atoms with Crippen LogP contribution in [0, 0.1) is 0 Å². The second-order valence-corrected chi connectivity index (χ2v) is 15.2. The summed E-state index contributed by atoms with van der Waals surface area (Å²) in [6, 6.07) is 63.4. The molecular formula is C53H30N4O2. The van der Waals surface area contributed by atoms with Gasteiger partial charge in [0.25, 0.3) is 0 Å². The van der Waals surface area contributed by atoms with E-state index in [0.717, 1.165) is 88.1 Å². The van der Waals surface area contributed by atoms with Crippen molar-refractivity contribution in [1.82, 2.24) is 19.5 Å². The maximum Gasteiger partial charge on any atom is 0.167 e. The molecule has 274 valence electrons. The van der Waals surface area contributed by atoms with Crippen LogP contribution in [0.5, 0.6) is 0 Å². The van der Waals surface area contributed by atoms with Crippen LogP contribution in [-0.4, -0.2) is 19.5 Å². The van der Waals surface area contributed by atoms with Gasteiger partial charge < -0.3 is 13.4 Å². The molecule has 0 amide bonds. The molecule has 4 aromatic heterocycles. The third kappa shape index (κ3) is 4.84. The van der Waals surface area contributed by atoms with Gasteiger partial charge >= 0.3 is 0 Å². The zero-order chi connectivity index (χ0) is 38.6. The average Bonchev–Trinajstić information content (AvgIpc) is 3.97. The topological polar surface area (TPSA) is 69.9 Å². The Labute approximate surface area is 336 Å². The molecule has 6 heteroatoms. The van der Waals surface area contributed by atoms with Gasteiger partial charge in [0.2, 0.25) is 0 Å². The highest BCUT2D eigenvalue weighted by Crippen LogP contribution is 2.43. The Morgan fingerprint density at radius 3 is 1.86 bits per heavy atom. The lowest BCUT2D eigenvalue weighted by Crippen LogP contribution is -2.00. The summed E-state index contributed by atoms with van der Waals surface area (Å²) in [7, 11) is 0. The van der Waals surface area contributed by atoms with Crippen LogP contribution in [-0.2, 0) is 0 Å². The van der Waals surface area contributed by atoms with Gasteiger partial charge in [-0.25, -0.2) is 15.0 Å². The fraction of sp³-hybridized carbons (Fsp3) is 0. The summed E-state index contributed by atoms with van der Waals surface area (Å²) in [6.45, 7) is 0. The maximum absolute atomic E-state index is 6.77. The lowest BCUT2D eigenvalue weighted by molar-refractivity contribution is 0.669. The Balaban J connectivity index is 1.09. The SMILES string of the molecule is c1ccc(-c2nc(-c3ccc4oc5ccccc5c4c3)nc(-c3cc4cc(-n5c6ccccc6c6cc7ccccc7cc65)ccc4c4c3oc3ccccc34)n2)cc1. The first-order valence-electron chi connectivity index (χ1n) is 19.8. The van der Waals surface area contributed by atoms with E-state index >= 15 is 0 Å². The first-order chi connectivity index (χ1) is 29.2. The van der Waals surface area contributed by atoms with Crippen molar-refractivity contribution in [2.75, 3.05) is 0 Å². The Morgan fingerprint density at radius 1 is 0.356 bits per heavy atom. The van der Waals surface area contributed by atoms with E-state index in [2.05, 4.69) is 114 Å². The Bertz CT molecular complexity index is 3860. The van der Waals surface area contributed by atoms with Crippen molar-refractivity contribution in [1.29, 1.82) is 0 Å². The first kappa shape index (κ1) is 32.0. The fourth-order valence-electron chi connectivity index (χ4n) is 9.07. The maximum atomic E-state index is 6.77. The number of nitrogens with zero attached hydrogens (tertiary/aromatic N) is 4. The molecule has 13 rings (SSSR count). The minimum Gasteiger partial charge on any atom is -0.456 e. The number of hydrogen-bond donors (Lipinski definition) is 0. The monoisotopic (exact) mass is 754 g/mol. The van der Waals surface area contributed by atoms with Crippen LogP contribution in [0.25, 0.3) is 127 Å². The third-order valence-electron chi connectivity index (χ3n) is 11.8. The van der Waals surface area contributed by atoms with Gasteiger partial charge in [0.15, 0.2) is 17.5 Å². The average molecular weight is 755 g/mol. The second kappa shape index (κ2) is 12.2. The van der Waals surface area contributed by atoms with E-state index in [0.29, 0.717) is 17.5 Å². The Morgan fingerprint density at radius 2 is 1.02 bits per heavy atom. The van der Waals surface area contributed by atoms with E-state index in [4.69, 9.17) is 23.8 Å². The quantitative estimate of drug-likeness (QED) is 0.179. The molecule has 0 N–H and O–H groups in total. The fourth-order valence-corrected chi connectivity index (χ4v) is 9.07. The molecule has 0 spiro atoms. The van der Waals surface area contributed by atoms with Crippen molar-refractivity contribution in [3.63, 3.8) is 0 Å². The summed E-state index contributed by atoms with van der Waals surface area (Å²) in [5.41, 5.74) is 9.16. The van der Waals surface area contributed by atoms with E-state index < -0.39 is 0 Å². The lowest BCUT2D eigenvalue weighted by Gasteiger charge is -2.13. The largest absolute Gasteiger partial charge is 0.456 e. The molecule has 0 saturated heterocycles. The molecular weight excluding hydrogens is 725 g/mol. The third-order valence-corrected chi connectivity index (χ3v) is 11.8. The van der Waals surface area contributed by atoms with Crippen LogP contribution in [0.2, 0.25) is 0 Å². The zero-order valence-corrected chi connectivity index (χ0v) is 31.4. The smallest absolute Gasteiger partial charge is 0.167 e. The Hall–Kier alpha value is -8.09. The van der Waals surface area contributed by atoms with Gasteiger partial charge in [-0.1, -0.05) is 115 Å².